The van der Waals surface area contributed by atoms with Gasteiger partial charge in [0.15, 0.2) is 0 Å². The minimum Gasteiger partial charge on any atom is -0.324 e. The molecule has 0 saturated carbocycles. The summed E-state index contributed by atoms with van der Waals surface area (Å²) in [6.07, 6.45) is 20.3. The van der Waals surface area contributed by atoms with Crippen LogP contribution in [0.5, 0.6) is 0 Å². The van der Waals surface area contributed by atoms with Gasteiger partial charge >= 0.3 is 7.60 Å². The number of ketones is 2. The van der Waals surface area contributed by atoms with Crippen molar-refractivity contribution in [1.29, 1.82) is 0 Å². The lowest BCUT2D eigenvalue weighted by atomic mass is 9.93. The summed E-state index contributed by atoms with van der Waals surface area (Å²) in [5.41, 5.74) is 0. The molecule has 0 aliphatic heterocycles. The molecule has 0 aromatic rings. The predicted octanol–water partition coefficient (Wildman–Crippen LogP) is 7.76. The molecule has 0 spiro atoms. The van der Waals surface area contributed by atoms with Crippen LogP contribution >= 0.6 is 7.60 Å². The van der Waals surface area contributed by atoms with Crippen molar-refractivity contribution in [3.63, 3.8) is 0 Å². The van der Waals surface area contributed by atoms with Crippen LogP contribution in [0.1, 0.15) is 142 Å². The highest BCUT2D eigenvalue weighted by atomic mass is 31.2. The zero-order chi connectivity index (χ0) is 24.1. The van der Waals surface area contributed by atoms with Crippen LogP contribution in [-0.2, 0) is 14.2 Å². The zero-order valence-electron chi connectivity index (χ0n) is 21.0. The Balaban J connectivity index is 4.13. The molecule has 0 aliphatic carbocycles. The van der Waals surface area contributed by atoms with Gasteiger partial charge in [-0.25, -0.2) is 0 Å². The Hall–Kier alpha value is -0.510. The Morgan fingerprint density at radius 1 is 0.562 bits per heavy atom. The first kappa shape index (κ1) is 31.5. The first-order valence-corrected chi connectivity index (χ1v) is 15.2. The molecule has 0 radical (unpaired) electrons. The first-order chi connectivity index (χ1) is 15.3. The van der Waals surface area contributed by atoms with Crippen molar-refractivity contribution in [3.05, 3.63) is 0 Å². The van der Waals surface area contributed by atoms with Gasteiger partial charge < -0.3 is 9.79 Å². The number of Topliss-reactive ketones (excluding diaryl/α,β-unsaturated/α-hetero) is 2. The molecule has 0 saturated heterocycles. The van der Waals surface area contributed by atoms with E-state index in [2.05, 4.69) is 13.8 Å². The summed E-state index contributed by atoms with van der Waals surface area (Å²) < 4.78 is 11.5. The van der Waals surface area contributed by atoms with Gasteiger partial charge in [0.2, 0.25) is 0 Å². The van der Waals surface area contributed by atoms with Crippen molar-refractivity contribution in [2.45, 2.75) is 142 Å². The third-order valence-electron chi connectivity index (χ3n) is 6.25. The highest BCUT2D eigenvalue weighted by Gasteiger charge is 2.32. The fourth-order valence-electron chi connectivity index (χ4n) is 4.19. The van der Waals surface area contributed by atoms with E-state index in [1.165, 1.54) is 77.0 Å². The van der Waals surface area contributed by atoms with E-state index in [0.717, 1.165) is 25.7 Å². The summed E-state index contributed by atoms with van der Waals surface area (Å²) in [5, 5.41) is 0. The normalized spacial score (nSPS) is 11.9. The minimum atomic E-state index is -4.40. The van der Waals surface area contributed by atoms with Gasteiger partial charge in [-0.15, -0.1) is 0 Å². The molecule has 0 aromatic heterocycles. The van der Waals surface area contributed by atoms with Crippen LogP contribution in [-0.4, -0.2) is 27.5 Å². The monoisotopic (exact) mass is 474 g/mol. The number of carbonyl (C=O) groups excluding carboxylic acids is 2. The van der Waals surface area contributed by atoms with Gasteiger partial charge in [-0.1, -0.05) is 117 Å². The topological polar surface area (TPSA) is 91.7 Å². The van der Waals surface area contributed by atoms with Gasteiger partial charge in [0.1, 0.15) is 11.6 Å². The molecule has 0 rings (SSSR count). The summed E-state index contributed by atoms with van der Waals surface area (Å²) in [6.45, 7) is 4.41. The lowest BCUT2D eigenvalue weighted by molar-refractivity contribution is -0.132. The van der Waals surface area contributed by atoms with Gasteiger partial charge in [-0.05, 0) is 12.8 Å². The summed E-state index contributed by atoms with van der Waals surface area (Å²) in [5.74, 6) is -1.69. The van der Waals surface area contributed by atoms with Crippen molar-refractivity contribution in [1.82, 2.24) is 0 Å². The third kappa shape index (κ3) is 20.1. The molecule has 0 aliphatic rings. The molecular formula is C26H51O5P. The molecule has 0 amide bonds. The second kappa shape index (κ2) is 21.1. The molecular weight excluding hydrogens is 423 g/mol. The molecule has 0 fully saturated rings. The van der Waals surface area contributed by atoms with Crippen LogP contribution in [0.3, 0.4) is 0 Å². The van der Waals surface area contributed by atoms with E-state index < -0.39 is 19.7 Å². The number of carbonyl (C=O) groups is 2. The maximum Gasteiger partial charge on any atom is 0.326 e. The molecule has 5 nitrogen and oxygen atoms in total. The molecule has 32 heavy (non-hydrogen) atoms. The Morgan fingerprint density at radius 3 is 1.12 bits per heavy atom. The van der Waals surface area contributed by atoms with Crippen molar-refractivity contribution in [2.24, 2.45) is 5.92 Å². The highest BCUT2D eigenvalue weighted by molar-refractivity contribution is 7.51. The number of hydrogen-bond acceptors (Lipinski definition) is 3. The molecule has 0 unspecified atom stereocenters. The lowest BCUT2D eigenvalue weighted by Gasteiger charge is -2.16. The Morgan fingerprint density at radius 2 is 0.844 bits per heavy atom. The van der Waals surface area contributed by atoms with E-state index in [9.17, 15) is 23.9 Å². The molecule has 6 heteroatoms. The van der Waals surface area contributed by atoms with Gasteiger partial charge in [0.05, 0.1) is 12.1 Å². The molecule has 0 bridgehead atoms. The van der Waals surface area contributed by atoms with E-state index in [1.807, 2.05) is 0 Å². The average Bonchev–Trinajstić information content (AvgIpc) is 2.74. The van der Waals surface area contributed by atoms with Crippen molar-refractivity contribution < 1.29 is 23.9 Å². The molecule has 0 heterocycles. The predicted molar refractivity (Wildman–Crippen MR) is 134 cm³/mol. The summed E-state index contributed by atoms with van der Waals surface area (Å²) in [6, 6.07) is 0. The van der Waals surface area contributed by atoms with Crippen LogP contribution in [0, 0.1) is 5.92 Å². The number of unbranched alkanes of at least 4 members (excludes halogenated alkanes) is 16. The van der Waals surface area contributed by atoms with E-state index >= 15 is 0 Å². The third-order valence-corrected chi connectivity index (χ3v) is 7.09. The number of hydrogen-bond donors (Lipinski definition) is 2. The lowest BCUT2D eigenvalue weighted by Crippen LogP contribution is -2.27. The van der Waals surface area contributed by atoms with Crippen LogP contribution in [0.4, 0.5) is 0 Å². The second-order valence-electron chi connectivity index (χ2n) is 9.49. The second-order valence-corrected chi connectivity index (χ2v) is 11.2. The quantitative estimate of drug-likeness (QED) is 0.0847. The van der Waals surface area contributed by atoms with Crippen LogP contribution in [0.25, 0.3) is 0 Å². The van der Waals surface area contributed by atoms with Crippen LogP contribution in [0.15, 0.2) is 0 Å². The van der Waals surface area contributed by atoms with Gasteiger partial charge in [0.25, 0.3) is 0 Å². The fraction of sp³-hybridized carbons (Fsp3) is 0.923. The molecule has 0 atom stereocenters. The standard InChI is InChI=1S/C26H51O5P/c1-3-5-7-9-11-13-15-17-19-21-25(27)24(23-32(29,30)31)26(28)22-20-18-16-14-12-10-8-6-4-2/h24H,3-23H2,1-2H3,(H2,29,30,31). The molecule has 2 N–H and O–H groups in total. The van der Waals surface area contributed by atoms with Gasteiger partial charge in [0, 0.05) is 12.8 Å². The largest absolute Gasteiger partial charge is 0.326 e. The van der Waals surface area contributed by atoms with Crippen LogP contribution in [0.2, 0.25) is 0 Å². The number of rotatable bonds is 24. The zero-order valence-corrected chi connectivity index (χ0v) is 21.9. The molecule has 190 valence electrons. The van der Waals surface area contributed by atoms with Crippen molar-refractivity contribution in [3.8, 4) is 0 Å². The van der Waals surface area contributed by atoms with Gasteiger partial charge in [-0.3, -0.25) is 14.2 Å². The summed E-state index contributed by atoms with van der Waals surface area (Å²) in [4.78, 5) is 43.8. The average molecular weight is 475 g/mol. The maximum absolute atomic E-state index is 12.6. The SMILES string of the molecule is CCCCCCCCCCCC(=O)C(CP(=O)(O)O)C(=O)CCCCCCCCCCC. The van der Waals surface area contributed by atoms with Crippen molar-refractivity contribution in [2.75, 3.05) is 6.16 Å². The van der Waals surface area contributed by atoms with E-state index in [-0.39, 0.29) is 24.4 Å². The Labute approximate surface area is 197 Å². The summed E-state index contributed by atoms with van der Waals surface area (Å²) >= 11 is 0. The molecule has 0 aromatic carbocycles. The van der Waals surface area contributed by atoms with E-state index in [0.29, 0.717) is 12.8 Å². The van der Waals surface area contributed by atoms with Gasteiger partial charge in [-0.2, -0.15) is 0 Å². The van der Waals surface area contributed by atoms with Crippen molar-refractivity contribution >= 4 is 19.2 Å². The van der Waals surface area contributed by atoms with E-state index in [4.69, 9.17) is 0 Å². The van der Waals surface area contributed by atoms with E-state index in [1.54, 1.807) is 0 Å². The highest BCUT2D eigenvalue weighted by Crippen LogP contribution is 2.38. The Bertz CT molecular complexity index is 480. The maximum atomic E-state index is 12.6. The first-order valence-electron chi connectivity index (χ1n) is 13.4. The fourth-order valence-corrected chi connectivity index (χ4v) is 5.07. The minimum absolute atomic E-state index is 0.254. The smallest absolute Gasteiger partial charge is 0.324 e. The Kier molecular flexibility index (Phi) is 20.7. The summed E-state index contributed by atoms with van der Waals surface area (Å²) in [7, 11) is -4.40. The van der Waals surface area contributed by atoms with Crippen LogP contribution < -0.4 is 0 Å².